The highest BCUT2D eigenvalue weighted by Gasteiger charge is 2.08. The van der Waals surface area contributed by atoms with Crippen LogP contribution in [-0.2, 0) is 0 Å². The van der Waals surface area contributed by atoms with Crippen LogP contribution >= 0.6 is 34.8 Å². The first-order valence-corrected chi connectivity index (χ1v) is 5.11. The molecule has 0 fully saturated rings. The van der Waals surface area contributed by atoms with Gasteiger partial charge in [0.25, 0.3) is 0 Å². The second-order valence-corrected chi connectivity index (χ2v) is 3.73. The summed E-state index contributed by atoms with van der Waals surface area (Å²) in [5.41, 5.74) is 0. The molecule has 0 aliphatic carbocycles. The van der Waals surface area contributed by atoms with E-state index in [2.05, 4.69) is 0 Å². The van der Waals surface area contributed by atoms with Crippen molar-refractivity contribution in [3.63, 3.8) is 0 Å². The monoisotopic (exact) mass is 238 g/mol. The predicted molar refractivity (Wildman–Crippen MR) is 57.3 cm³/mol. The molecule has 1 nitrogen and oxygen atoms in total. The van der Waals surface area contributed by atoms with Crippen LogP contribution in [0.4, 0.5) is 0 Å². The van der Waals surface area contributed by atoms with E-state index in [9.17, 15) is 0 Å². The number of benzene rings is 1. The molecule has 0 saturated heterocycles. The van der Waals surface area contributed by atoms with E-state index in [4.69, 9.17) is 39.5 Å². The van der Waals surface area contributed by atoms with Crippen LogP contribution in [0.15, 0.2) is 18.2 Å². The quantitative estimate of drug-likeness (QED) is 0.725. The number of hydrogen-bond acceptors (Lipinski definition) is 1. The molecule has 0 radical (unpaired) electrons. The number of halogens is 3. The minimum atomic E-state index is -0.0716. The van der Waals surface area contributed by atoms with Gasteiger partial charge in [-0.2, -0.15) is 0 Å². The summed E-state index contributed by atoms with van der Waals surface area (Å²) in [7, 11) is 0. The summed E-state index contributed by atoms with van der Waals surface area (Å²) < 4.78 is 5.43. The maximum absolute atomic E-state index is 5.89. The van der Waals surface area contributed by atoms with Crippen molar-refractivity contribution in [3.8, 4) is 5.75 Å². The second-order valence-electron chi connectivity index (χ2n) is 2.63. The number of rotatable bonds is 3. The van der Waals surface area contributed by atoms with Crippen LogP contribution in [0.3, 0.4) is 0 Å². The topological polar surface area (TPSA) is 9.23 Å². The number of hydrogen-bond donors (Lipinski definition) is 0. The maximum atomic E-state index is 5.89. The van der Waals surface area contributed by atoms with E-state index in [1.54, 1.807) is 18.2 Å². The SMILES string of the molecule is CC(CCl)Oc1cccc(Cl)c1Cl. The average molecular weight is 240 g/mol. The summed E-state index contributed by atoms with van der Waals surface area (Å²) in [6.45, 7) is 1.87. The Bertz CT molecular complexity index is 288. The molecule has 1 atom stereocenters. The highest BCUT2D eigenvalue weighted by Crippen LogP contribution is 2.32. The Labute approximate surface area is 92.5 Å². The smallest absolute Gasteiger partial charge is 0.139 e. The van der Waals surface area contributed by atoms with Gasteiger partial charge in [-0.25, -0.2) is 0 Å². The molecule has 1 unspecified atom stereocenters. The van der Waals surface area contributed by atoms with Gasteiger partial charge >= 0.3 is 0 Å². The van der Waals surface area contributed by atoms with Gasteiger partial charge in [0, 0.05) is 0 Å². The Morgan fingerprint density at radius 2 is 2.08 bits per heavy atom. The largest absolute Gasteiger partial charge is 0.488 e. The van der Waals surface area contributed by atoms with Crippen LogP contribution in [0.1, 0.15) is 6.92 Å². The van der Waals surface area contributed by atoms with Crippen LogP contribution in [0.2, 0.25) is 10.0 Å². The summed E-state index contributed by atoms with van der Waals surface area (Å²) in [4.78, 5) is 0. The number of ether oxygens (including phenoxy) is 1. The van der Waals surface area contributed by atoms with Crippen molar-refractivity contribution >= 4 is 34.8 Å². The van der Waals surface area contributed by atoms with Gasteiger partial charge in [-0.3, -0.25) is 0 Å². The molecular weight excluding hydrogens is 230 g/mol. The van der Waals surface area contributed by atoms with Crippen molar-refractivity contribution in [1.82, 2.24) is 0 Å². The fourth-order valence-corrected chi connectivity index (χ4v) is 1.22. The molecule has 0 N–H and O–H groups in total. The molecule has 4 heteroatoms. The normalized spacial score (nSPS) is 12.6. The standard InChI is InChI=1S/C9H9Cl3O/c1-6(5-10)13-8-4-2-3-7(11)9(8)12/h2-4,6H,5H2,1H3. The van der Waals surface area contributed by atoms with Crippen LogP contribution in [0.25, 0.3) is 0 Å². The van der Waals surface area contributed by atoms with Crippen LogP contribution in [0.5, 0.6) is 5.75 Å². The molecule has 0 aromatic heterocycles. The molecule has 0 bridgehead atoms. The average Bonchev–Trinajstić information content (AvgIpc) is 2.13. The van der Waals surface area contributed by atoms with E-state index >= 15 is 0 Å². The Balaban J connectivity index is 2.83. The van der Waals surface area contributed by atoms with Gasteiger partial charge in [0.15, 0.2) is 0 Å². The maximum Gasteiger partial charge on any atom is 0.139 e. The summed E-state index contributed by atoms with van der Waals surface area (Å²) in [6, 6.07) is 5.25. The lowest BCUT2D eigenvalue weighted by molar-refractivity contribution is 0.246. The zero-order valence-corrected chi connectivity index (χ0v) is 9.33. The summed E-state index contributed by atoms with van der Waals surface area (Å²) in [5.74, 6) is 0.991. The molecule has 0 amide bonds. The fraction of sp³-hybridized carbons (Fsp3) is 0.333. The Morgan fingerprint density at radius 1 is 1.38 bits per heavy atom. The molecule has 0 saturated carbocycles. The Kier molecular flexibility index (Phi) is 4.17. The van der Waals surface area contributed by atoms with Gasteiger partial charge in [0.1, 0.15) is 16.9 Å². The number of alkyl halides is 1. The molecule has 13 heavy (non-hydrogen) atoms. The first-order valence-electron chi connectivity index (χ1n) is 3.81. The van der Waals surface area contributed by atoms with Gasteiger partial charge in [0.05, 0.1) is 10.9 Å². The third-order valence-corrected chi connectivity index (χ3v) is 2.70. The molecule has 1 rings (SSSR count). The van der Waals surface area contributed by atoms with Crippen LogP contribution in [0, 0.1) is 0 Å². The van der Waals surface area contributed by atoms with Crippen LogP contribution in [-0.4, -0.2) is 12.0 Å². The van der Waals surface area contributed by atoms with E-state index < -0.39 is 0 Å². The third-order valence-electron chi connectivity index (χ3n) is 1.46. The molecular formula is C9H9Cl3O. The molecule has 1 aromatic carbocycles. The molecule has 1 aromatic rings. The second kappa shape index (κ2) is 4.94. The Morgan fingerprint density at radius 3 is 2.69 bits per heavy atom. The highest BCUT2D eigenvalue weighted by molar-refractivity contribution is 6.42. The lowest BCUT2D eigenvalue weighted by atomic mass is 10.3. The molecule has 72 valence electrons. The van der Waals surface area contributed by atoms with E-state index in [1.807, 2.05) is 6.92 Å². The summed E-state index contributed by atoms with van der Waals surface area (Å²) in [5, 5.41) is 0.919. The third kappa shape index (κ3) is 2.94. The van der Waals surface area contributed by atoms with Crippen molar-refractivity contribution in [2.24, 2.45) is 0 Å². The first kappa shape index (κ1) is 11.0. The lowest BCUT2D eigenvalue weighted by Crippen LogP contribution is -2.13. The fourth-order valence-electron chi connectivity index (χ4n) is 0.823. The van der Waals surface area contributed by atoms with Crippen molar-refractivity contribution in [2.45, 2.75) is 13.0 Å². The zero-order valence-electron chi connectivity index (χ0n) is 7.06. The minimum absolute atomic E-state index is 0.0716. The van der Waals surface area contributed by atoms with Gasteiger partial charge in [0.2, 0.25) is 0 Å². The van der Waals surface area contributed by atoms with E-state index in [0.717, 1.165) is 0 Å². The van der Waals surface area contributed by atoms with E-state index in [1.165, 1.54) is 0 Å². The molecule has 0 spiro atoms. The van der Waals surface area contributed by atoms with Gasteiger partial charge in [-0.05, 0) is 19.1 Å². The molecule has 0 aliphatic heterocycles. The molecule has 0 aliphatic rings. The van der Waals surface area contributed by atoms with Gasteiger partial charge in [-0.15, -0.1) is 11.6 Å². The van der Waals surface area contributed by atoms with Crippen molar-refractivity contribution in [2.75, 3.05) is 5.88 Å². The Hall–Kier alpha value is -0.110. The van der Waals surface area contributed by atoms with Gasteiger partial charge < -0.3 is 4.74 Å². The molecule has 0 heterocycles. The lowest BCUT2D eigenvalue weighted by Gasteiger charge is -2.13. The van der Waals surface area contributed by atoms with Crippen LogP contribution < -0.4 is 4.74 Å². The summed E-state index contributed by atoms with van der Waals surface area (Å²) in [6.07, 6.45) is -0.0716. The first-order chi connectivity index (χ1) is 6.15. The van der Waals surface area contributed by atoms with Crippen molar-refractivity contribution < 1.29 is 4.74 Å². The predicted octanol–water partition coefficient (Wildman–Crippen LogP) is 4.00. The van der Waals surface area contributed by atoms with Crippen molar-refractivity contribution in [1.29, 1.82) is 0 Å². The zero-order chi connectivity index (χ0) is 9.84. The van der Waals surface area contributed by atoms with Crippen molar-refractivity contribution in [3.05, 3.63) is 28.2 Å². The highest BCUT2D eigenvalue weighted by atomic mass is 35.5. The summed E-state index contributed by atoms with van der Waals surface area (Å²) >= 11 is 17.3. The minimum Gasteiger partial charge on any atom is -0.488 e. The van der Waals surface area contributed by atoms with Gasteiger partial charge in [-0.1, -0.05) is 29.3 Å². The van der Waals surface area contributed by atoms with E-state index in [-0.39, 0.29) is 6.10 Å². The van der Waals surface area contributed by atoms with E-state index in [0.29, 0.717) is 21.7 Å².